The van der Waals surface area contributed by atoms with E-state index in [0.29, 0.717) is 17.4 Å². The van der Waals surface area contributed by atoms with E-state index in [1.54, 1.807) is 6.07 Å². The van der Waals surface area contributed by atoms with Crippen LogP contribution in [-0.4, -0.2) is 16.5 Å². The minimum absolute atomic E-state index is 0.130. The van der Waals surface area contributed by atoms with Crippen molar-refractivity contribution in [2.24, 2.45) is 0 Å². The average Bonchev–Trinajstić information content (AvgIpc) is 3.11. The van der Waals surface area contributed by atoms with Gasteiger partial charge in [0.15, 0.2) is 0 Å². The van der Waals surface area contributed by atoms with Gasteiger partial charge in [-0.25, -0.2) is 0 Å². The van der Waals surface area contributed by atoms with Crippen LogP contribution in [-0.2, 0) is 0 Å². The summed E-state index contributed by atoms with van der Waals surface area (Å²) in [6.07, 6.45) is 11.2. The van der Waals surface area contributed by atoms with Crippen molar-refractivity contribution in [2.45, 2.75) is 44.7 Å². The Balaban J connectivity index is 2.11. The molecule has 18 heavy (non-hydrogen) atoms. The largest absolute Gasteiger partial charge is 0.397 e. The Morgan fingerprint density at radius 1 is 1.72 bits per heavy atom. The van der Waals surface area contributed by atoms with Gasteiger partial charge in [-0.2, -0.15) is 0 Å². The van der Waals surface area contributed by atoms with Crippen LogP contribution in [0.15, 0.2) is 12.3 Å². The van der Waals surface area contributed by atoms with Crippen molar-refractivity contribution < 1.29 is 4.79 Å². The third-order valence-electron chi connectivity index (χ3n) is 3.13. The first-order valence-electron chi connectivity index (χ1n) is 6.40. The molecule has 1 amide bonds. The van der Waals surface area contributed by atoms with E-state index in [4.69, 9.17) is 12.2 Å². The Hall–Kier alpha value is -1.89. The van der Waals surface area contributed by atoms with Crippen molar-refractivity contribution in [2.75, 3.05) is 5.73 Å². The fourth-order valence-electron chi connectivity index (χ4n) is 2.06. The predicted octanol–water partition coefficient (Wildman–Crippen LogP) is 1.94. The molecule has 4 nitrogen and oxygen atoms in total. The molecular weight excluding hydrogens is 226 g/mol. The molecule has 1 aliphatic rings. The summed E-state index contributed by atoms with van der Waals surface area (Å²) in [5.74, 6) is 2.47. The van der Waals surface area contributed by atoms with E-state index in [-0.39, 0.29) is 11.9 Å². The summed E-state index contributed by atoms with van der Waals surface area (Å²) >= 11 is 0. The number of terminal acetylenes is 1. The lowest BCUT2D eigenvalue weighted by Gasteiger charge is -2.13. The van der Waals surface area contributed by atoms with Gasteiger partial charge in [-0.15, -0.1) is 6.42 Å². The Bertz CT molecular complexity index is 480. The molecule has 1 aromatic rings. The third-order valence-corrected chi connectivity index (χ3v) is 3.13. The fraction of sp³-hybridized carbons (Fsp3) is 0.500. The van der Waals surface area contributed by atoms with Crippen LogP contribution in [0.4, 0.5) is 5.69 Å². The number of nitrogen functional groups attached to an aromatic ring is 1. The van der Waals surface area contributed by atoms with Gasteiger partial charge in [-0.3, -0.25) is 4.79 Å². The summed E-state index contributed by atoms with van der Waals surface area (Å²) in [6, 6.07) is 1.94. The molecule has 0 aromatic carbocycles. The maximum atomic E-state index is 12.2. The molecule has 1 fully saturated rings. The number of hydrogen-bond acceptors (Lipinski definition) is 2. The number of amides is 1. The van der Waals surface area contributed by atoms with Crippen LogP contribution >= 0.6 is 0 Å². The standard InChI is InChI=1S/C14H19N3O/c1-3-5-11(4-2)16-14(18)13-8-10(15)9-17(13)12-6-7-12/h2,8-9,11-12H,3,5-7,15H2,1H3,(H,16,18). The molecule has 0 aliphatic heterocycles. The lowest BCUT2D eigenvalue weighted by molar-refractivity contribution is 0.0934. The highest BCUT2D eigenvalue weighted by atomic mass is 16.2. The molecule has 1 unspecified atom stereocenters. The smallest absolute Gasteiger partial charge is 0.268 e. The molecule has 0 radical (unpaired) electrons. The Morgan fingerprint density at radius 3 is 3.00 bits per heavy atom. The molecule has 1 saturated carbocycles. The van der Waals surface area contributed by atoms with Gasteiger partial charge in [-0.1, -0.05) is 19.3 Å². The quantitative estimate of drug-likeness (QED) is 0.779. The summed E-state index contributed by atoms with van der Waals surface area (Å²) < 4.78 is 1.96. The van der Waals surface area contributed by atoms with E-state index in [0.717, 1.165) is 25.7 Å². The monoisotopic (exact) mass is 245 g/mol. The number of aromatic nitrogens is 1. The molecule has 1 heterocycles. The summed E-state index contributed by atoms with van der Waals surface area (Å²) in [4.78, 5) is 12.2. The second-order valence-corrected chi connectivity index (χ2v) is 4.78. The van der Waals surface area contributed by atoms with Gasteiger partial charge in [-0.05, 0) is 25.3 Å². The zero-order valence-electron chi connectivity index (χ0n) is 10.6. The van der Waals surface area contributed by atoms with Crippen LogP contribution < -0.4 is 11.1 Å². The van der Waals surface area contributed by atoms with Gasteiger partial charge in [0.05, 0.1) is 11.7 Å². The van der Waals surface area contributed by atoms with E-state index in [2.05, 4.69) is 11.2 Å². The average molecular weight is 245 g/mol. The number of anilines is 1. The zero-order valence-corrected chi connectivity index (χ0v) is 10.6. The van der Waals surface area contributed by atoms with Crippen molar-refractivity contribution >= 4 is 11.6 Å². The molecule has 0 bridgehead atoms. The number of rotatable bonds is 5. The summed E-state index contributed by atoms with van der Waals surface area (Å²) in [5, 5.41) is 2.87. The van der Waals surface area contributed by atoms with E-state index < -0.39 is 0 Å². The number of nitrogens with zero attached hydrogens (tertiary/aromatic N) is 1. The number of nitrogens with two attached hydrogens (primary N) is 1. The molecule has 0 saturated heterocycles. The normalized spacial score (nSPS) is 16.0. The van der Waals surface area contributed by atoms with Crippen LogP contribution in [0.1, 0.15) is 49.1 Å². The highest BCUT2D eigenvalue weighted by Gasteiger charge is 2.28. The first-order valence-corrected chi connectivity index (χ1v) is 6.40. The van der Waals surface area contributed by atoms with E-state index in [1.807, 2.05) is 17.7 Å². The Labute approximate surface area is 108 Å². The van der Waals surface area contributed by atoms with Gasteiger partial charge in [0.25, 0.3) is 5.91 Å². The van der Waals surface area contributed by atoms with Gasteiger partial charge in [0.2, 0.25) is 0 Å². The van der Waals surface area contributed by atoms with Crippen molar-refractivity contribution in [3.05, 3.63) is 18.0 Å². The first-order chi connectivity index (χ1) is 8.65. The van der Waals surface area contributed by atoms with Crippen LogP contribution in [0, 0.1) is 12.3 Å². The van der Waals surface area contributed by atoms with Gasteiger partial charge >= 0.3 is 0 Å². The SMILES string of the molecule is C#CC(CCC)NC(=O)c1cc(N)cn1C1CC1. The van der Waals surface area contributed by atoms with Gasteiger partial charge in [0.1, 0.15) is 5.69 Å². The van der Waals surface area contributed by atoms with Gasteiger partial charge in [0, 0.05) is 12.2 Å². The highest BCUT2D eigenvalue weighted by Crippen LogP contribution is 2.37. The van der Waals surface area contributed by atoms with Gasteiger partial charge < -0.3 is 15.6 Å². The molecule has 2 rings (SSSR count). The minimum atomic E-state index is -0.203. The number of carbonyl (C=O) groups is 1. The van der Waals surface area contributed by atoms with E-state index >= 15 is 0 Å². The molecule has 4 heteroatoms. The fourth-order valence-corrected chi connectivity index (χ4v) is 2.06. The molecule has 0 spiro atoms. The van der Waals surface area contributed by atoms with Crippen LogP contribution in [0.5, 0.6) is 0 Å². The summed E-state index contributed by atoms with van der Waals surface area (Å²) in [7, 11) is 0. The molecule has 1 atom stereocenters. The van der Waals surface area contributed by atoms with Crippen LogP contribution in [0.2, 0.25) is 0 Å². The second-order valence-electron chi connectivity index (χ2n) is 4.78. The Kier molecular flexibility index (Phi) is 3.61. The zero-order chi connectivity index (χ0) is 13.1. The third kappa shape index (κ3) is 2.67. The molecule has 1 aromatic heterocycles. The lowest BCUT2D eigenvalue weighted by Crippen LogP contribution is -2.34. The maximum absolute atomic E-state index is 12.2. The topological polar surface area (TPSA) is 60.1 Å². The molecule has 3 N–H and O–H groups in total. The summed E-state index contributed by atoms with van der Waals surface area (Å²) in [5.41, 5.74) is 7.01. The van der Waals surface area contributed by atoms with Crippen molar-refractivity contribution in [1.82, 2.24) is 9.88 Å². The van der Waals surface area contributed by atoms with E-state index in [1.165, 1.54) is 0 Å². The van der Waals surface area contributed by atoms with E-state index in [9.17, 15) is 4.79 Å². The molecule has 96 valence electrons. The van der Waals surface area contributed by atoms with Crippen LogP contribution in [0.25, 0.3) is 0 Å². The minimum Gasteiger partial charge on any atom is -0.397 e. The second kappa shape index (κ2) is 5.18. The predicted molar refractivity (Wildman–Crippen MR) is 72.1 cm³/mol. The lowest BCUT2D eigenvalue weighted by atomic mass is 10.2. The maximum Gasteiger partial charge on any atom is 0.268 e. The molecule has 1 aliphatic carbocycles. The highest BCUT2D eigenvalue weighted by molar-refractivity contribution is 5.94. The number of nitrogens with one attached hydrogen (secondary N) is 1. The first kappa shape index (κ1) is 12.6. The molecular formula is C14H19N3O. The van der Waals surface area contributed by atoms with Crippen molar-refractivity contribution in [3.8, 4) is 12.3 Å². The number of carbonyl (C=O) groups excluding carboxylic acids is 1. The van der Waals surface area contributed by atoms with Crippen molar-refractivity contribution in [3.63, 3.8) is 0 Å². The number of hydrogen-bond donors (Lipinski definition) is 2. The van der Waals surface area contributed by atoms with Crippen LogP contribution in [0.3, 0.4) is 0 Å². The van der Waals surface area contributed by atoms with Crippen molar-refractivity contribution in [1.29, 1.82) is 0 Å². The summed E-state index contributed by atoms with van der Waals surface area (Å²) in [6.45, 7) is 2.04. The Morgan fingerprint density at radius 2 is 2.44 bits per heavy atom.